The number of carbonyl (C=O) groups is 1. The third-order valence-corrected chi connectivity index (χ3v) is 6.73. The Bertz CT molecular complexity index is 945. The number of furan rings is 1. The summed E-state index contributed by atoms with van der Waals surface area (Å²) in [5.41, 5.74) is 1.61. The molecule has 0 fully saturated rings. The number of rotatable bonds is 5. The first-order valence-corrected chi connectivity index (χ1v) is 11.5. The van der Waals surface area contributed by atoms with Crippen molar-refractivity contribution in [3.63, 3.8) is 0 Å². The molecule has 5 nitrogen and oxygen atoms in total. The summed E-state index contributed by atoms with van der Waals surface area (Å²) >= 11 is 3.32. The molecule has 1 N–H and O–H groups in total. The Kier molecular flexibility index (Phi) is 5.54. The zero-order valence-electron chi connectivity index (χ0n) is 15.7. The Morgan fingerprint density at radius 2 is 1.96 bits per heavy atom. The van der Waals surface area contributed by atoms with Gasteiger partial charge >= 0.3 is 0 Å². The van der Waals surface area contributed by atoms with Crippen LogP contribution in [0.15, 0.2) is 39.2 Å². The van der Waals surface area contributed by atoms with Crippen LogP contribution in [0.1, 0.15) is 49.0 Å². The second kappa shape index (κ2) is 7.43. The molecule has 1 atom stereocenters. The van der Waals surface area contributed by atoms with Crippen LogP contribution in [0.4, 0.5) is 0 Å². The van der Waals surface area contributed by atoms with Gasteiger partial charge in [-0.25, -0.2) is 8.42 Å². The molecule has 0 aliphatic heterocycles. The second-order valence-corrected chi connectivity index (χ2v) is 11.0. The van der Waals surface area contributed by atoms with E-state index in [0.29, 0.717) is 5.56 Å². The van der Waals surface area contributed by atoms with E-state index < -0.39 is 21.5 Å². The Hall–Kier alpha value is -1.60. The Labute approximate surface area is 168 Å². The van der Waals surface area contributed by atoms with Crippen molar-refractivity contribution >= 4 is 31.7 Å². The number of nitrogens with one attached hydrogen (secondary N) is 1. The van der Waals surface area contributed by atoms with Gasteiger partial charge in [0.15, 0.2) is 9.84 Å². The Balaban J connectivity index is 1.69. The summed E-state index contributed by atoms with van der Waals surface area (Å²) in [5, 5.41) is 2.91. The highest BCUT2D eigenvalue weighted by Crippen LogP contribution is 2.42. The lowest BCUT2D eigenvalue weighted by molar-refractivity contribution is -0.119. The van der Waals surface area contributed by atoms with E-state index in [0.717, 1.165) is 34.4 Å². The first kappa shape index (κ1) is 20.1. The van der Waals surface area contributed by atoms with Crippen molar-refractivity contribution in [2.75, 3.05) is 5.75 Å². The first-order valence-electron chi connectivity index (χ1n) is 8.86. The van der Waals surface area contributed by atoms with Gasteiger partial charge in [0, 0.05) is 16.5 Å². The van der Waals surface area contributed by atoms with Crippen LogP contribution in [-0.4, -0.2) is 20.1 Å². The van der Waals surface area contributed by atoms with Gasteiger partial charge in [0.2, 0.25) is 5.91 Å². The van der Waals surface area contributed by atoms with Gasteiger partial charge in [-0.3, -0.25) is 4.79 Å². The first-order chi connectivity index (χ1) is 12.5. The number of fused-ring (bicyclic) bond motifs is 1. The standard InChI is InChI=1S/C20H24BrNO4S/c1-13-8-16-17(9-20(2,3)10-18(16)26-13)22-19(23)12-27(24,25)11-14-4-6-15(21)7-5-14/h4-8,17H,9-12H2,1-3H3,(H,22,23). The molecule has 27 heavy (non-hydrogen) atoms. The molecule has 1 amide bonds. The lowest BCUT2D eigenvalue weighted by Gasteiger charge is -2.34. The van der Waals surface area contributed by atoms with E-state index in [4.69, 9.17) is 4.42 Å². The smallest absolute Gasteiger partial charge is 0.235 e. The molecule has 0 saturated carbocycles. The molecule has 0 saturated heterocycles. The van der Waals surface area contributed by atoms with Gasteiger partial charge in [-0.2, -0.15) is 0 Å². The SMILES string of the molecule is Cc1cc2c(o1)CC(C)(C)CC2NC(=O)CS(=O)(=O)Cc1ccc(Br)cc1. The predicted octanol–water partition coefficient (Wildman–Crippen LogP) is 4.10. The summed E-state index contributed by atoms with van der Waals surface area (Å²) in [6, 6.07) is 8.77. The van der Waals surface area contributed by atoms with E-state index in [-0.39, 0.29) is 17.2 Å². The zero-order valence-corrected chi connectivity index (χ0v) is 18.1. The molecular formula is C20H24BrNO4S. The molecule has 1 unspecified atom stereocenters. The number of sulfone groups is 1. The molecule has 0 bridgehead atoms. The van der Waals surface area contributed by atoms with Gasteiger partial charge in [0.25, 0.3) is 0 Å². The number of hydrogen-bond donors (Lipinski definition) is 1. The molecule has 0 spiro atoms. The van der Waals surface area contributed by atoms with E-state index in [2.05, 4.69) is 35.1 Å². The maximum atomic E-state index is 12.5. The Morgan fingerprint density at radius 1 is 1.30 bits per heavy atom. The van der Waals surface area contributed by atoms with E-state index in [1.165, 1.54) is 0 Å². The summed E-state index contributed by atoms with van der Waals surface area (Å²) < 4.78 is 31.5. The van der Waals surface area contributed by atoms with Crippen LogP contribution < -0.4 is 5.32 Å². The summed E-state index contributed by atoms with van der Waals surface area (Å²) in [4.78, 5) is 12.5. The predicted molar refractivity (Wildman–Crippen MR) is 108 cm³/mol. The molecule has 146 valence electrons. The fourth-order valence-electron chi connectivity index (χ4n) is 3.63. The monoisotopic (exact) mass is 453 g/mol. The number of carbonyl (C=O) groups excluding carboxylic acids is 1. The largest absolute Gasteiger partial charge is 0.466 e. The van der Waals surface area contributed by atoms with Crippen molar-refractivity contribution < 1.29 is 17.6 Å². The van der Waals surface area contributed by atoms with Gasteiger partial charge in [0.1, 0.15) is 17.3 Å². The molecule has 0 radical (unpaired) electrons. The van der Waals surface area contributed by atoms with Crippen LogP contribution in [0.25, 0.3) is 0 Å². The van der Waals surface area contributed by atoms with Gasteiger partial charge in [-0.05, 0) is 42.5 Å². The van der Waals surface area contributed by atoms with Crippen molar-refractivity contribution in [2.45, 2.75) is 45.4 Å². The van der Waals surface area contributed by atoms with Crippen molar-refractivity contribution in [1.29, 1.82) is 0 Å². The van der Waals surface area contributed by atoms with Crippen LogP contribution in [0.3, 0.4) is 0 Å². The van der Waals surface area contributed by atoms with Crippen LogP contribution in [0.2, 0.25) is 0 Å². The minimum Gasteiger partial charge on any atom is -0.466 e. The normalized spacial score (nSPS) is 18.7. The zero-order chi connectivity index (χ0) is 19.8. The molecular weight excluding hydrogens is 430 g/mol. The Morgan fingerprint density at radius 3 is 2.63 bits per heavy atom. The van der Waals surface area contributed by atoms with Crippen LogP contribution in [-0.2, 0) is 26.8 Å². The number of halogens is 1. The summed E-state index contributed by atoms with van der Waals surface area (Å²) in [6.07, 6.45) is 1.56. The highest BCUT2D eigenvalue weighted by molar-refractivity contribution is 9.10. The lowest BCUT2D eigenvalue weighted by Crippen LogP contribution is -2.38. The van der Waals surface area contributed by atoms with E-state index in [1.807, 2.05) is 13.0 Å². The minimum atomic E-state index is -3.55. The summed E-state index contributed by atoms with van der Waals surface area (Å²) in [7, 11) is -3.55. The second-order valence-electron chi connectivity index (χ2n) is 8.06. The topological polar surface area (TPSA) is 76.4 Å². The van der Waals surface area contributed by atoms with Crippen molar-refractivity contribution in [1.82, 2.24) is 5.32 Å². The highest BCUT2D eigenvalue weighted by Gasteiger charge is 2.36. The van der Waals surface area contributed by atoms with E-state index in [1.54, 1.807) is 24.3 Å². The molecule has 3 rings (SSSR count). The van der Waals surface area contributed by atoms with Crippen LogP contribution >= 0.6 is 15.9 Å². The quantitative estimate of drug-likeness (QED) is 0.738. The average Bonchev–Trinajstić information content (AvgIpc) is 2.87. The van der Waals surface area contributed by atoms with E-state index >= 15 is 0 Å². The lowest BCUT2D eigenvalue weighted by atomic mass is 9.75. The fourth-order valence-corrected chi connectivity index (χ4v) is 5.18. The molecule has 1 aromatic carbocycles. The van der Waals surface area contributed by atoms with Gasteiger partial charge < -0.3 is 9.73 Å². The molecule has 1 aliphatic carbocycles. The van der Waals surface area contributed by atoms with Crippen molar-refractivity contribution in [3.8, 4) is 0 Å². The fraction of sp³-hybridized carbons (Fsp3) is 0.450. The molecule has 1 aliphatic rings. The third kappa shape index (κ3) is 5.23. The minimum absolute atomic E-state index is 0.0223. The van der Waals surface area contributed by atoms with Crippen LogP contribution in [0.5, 0.6) is 0 Å². The van der Waals surface area contributed by atoms with Gasteiger partial charge in [-0.15, -0.1) is 0 Å². The summed E-state index contributed by atoms with van der Waals surface area (Å²) in [5.74, 6) is 0.540. The number of aryl methyl sites for hydroxylation is 1. The van der Waals surface area contributed by atoms with Crippen molar-refractivity contribution in [2.24, 2.45) is 5.41 Å². The third-order valence-electron chi connectivity index (χ3n) is 4.72. The maximum Gasteiger partial charge on any atom is 0.235 e. The maximum absolute atomic E-state index is 12.5. The molecule has 7 heteroatoms. The van der Waals surface area contributed by atoms with E-state index in [9.17, 15) is 13.2 Å². The molecule has 1 aromatic heterocycles. The van der Waals surface area contributed by atoms with Crippen molar-refractivity contribution in [3.05, 3.63) is 57.5 Å². The number of hydrogen-bond acceptors (Lipinski definition) is 4. The van der Waals surface area contributed by atoms with Crippen LogP contribution in [0, 0.1) is 12.3 Å². The number of amides is 1. The molecule has 1 heterocycles. The molecule has 2 aromatic rings. The average molecular weight is 454 g/mol. The van der Waals surface area contributed by atoms with Gasteiger partial charge in [0.05, 0.1) is 11.8 Å². The number of benzene rings is 1. The van der Waals surface area contributed by atoms with Gasteiger partial charge in [-0.1, -0.05) is 41.9 Å². The summed E-state index contributed by atoms with van der Waals surface area (Å²) in [6.45, 7) is 6.13. The highest BCUT2D eigenvalue weighted by atomic mass is 79.9.